The van der Waals surface area contributed by atoms with Crippen molar-refractivity contribution in [3.8, 4) is 0 Å². The molecule has 1 aromatic heterocycles. The number of aromatic nitrogens is 2. The second-order valence-electron chi connectivity index (χ2n) is 7.19. The van der Waals surface area contributed by atoms with Gasteiger partial charge in [0.05, 0.1) is 0 Å². The van der Waals surface area contributed by atoms with Crippen LogP contribution < -0.4 is 10.2 Å². The van der Waals surface area contributed by atoms with Gasteiger partial charge >= 0.3 is 0 Å². The lowest BCUT2D eigenvalue weighted by molar-refractivity contribution is -0.107. The maximum atomic E-state index is 11.9. The number of halogens is 1. The number of nitrogens with zero attached hydrogens (tertiary/aromatic N) is 3. The van der Waals surface area contributed by atoms with Crippen LogP contribution in [0, 0.1) is 6.92 Å². The Bertz CT molecular complexity index is 892. The monoisotopic (exact) mass is 430 g/mol. The van der Waals surface area contributed by atoms with E-state index in [0.717, 1.165) is 54.7 Å². The summed E-state index contributed by atoms with van der Waals surface area (Å²) >= 11 is 7.92. The first-order valence-electron chi connectivity index (χ1n) is 9.96. The Morgan fingerprint density at radius 1 is 1.38 bits per heavy atom. The van der Waals surface area contributed by atoms with Gasteiger partial charge in [-0.1, -0.05) is 31.4 Å². The van der Waals surface area contributed by atoms with Gasteiger partial charge < -0.3 is 5.32 Å². The molecule has 0 unspecified atom stereocenters. The van der Waals surface area contributed by atoms with Crippen LogP contribution in [0.15, 0.2) is 34.3 Å². The van der Waals surface area contributed by atoms with E-state index in [0.29, 0.717) is 16.8 Å². The Morgan fingerprint density at radius 3 is 2.76 bits per heavy atom. The molecular formula is C22H27ClN4OS. The lowest BCUT2D eigenvalue weighted by Gasteiger charge is -2.25. The first-order chi connectivity index (χ1) is 14.0. The van der Waals surface area contributed by atoms with Crippen LogP contribution in [-0.2, 0) is 4.79 Å². The minimum atomic E-state index is 0.171. The number of carbonyl (C=O) groups excluding carboxylic acids is 1. The fourth-order valence-corrected chi connectivity index (χ4v) is 4.49. The molecule has 0 aliphatic heterocycles. The summed E-state index contributed by atoms with van der Waals surface area (Å²) in [6.45, 7) is 6.01. The van der Waals surface area contributed by atoms with E-state index in [1.807, 2.05) is 17.8 Å². The van der Waals surface area contributed by atoms with Crippen molar-refractivity contribution in [3.63, 3.8) is 0 Å². The second-order valence-corrected chi connectivity index (χ2v) is 9.12. The Kier molecular flexibility index (Phi) is 7.56. The van der Waals surface area contributed by atoms with Crippen LogP contribution >= 0.6 is 23.4 Å². The number of nitrogens with one attached hydrogen (secondary N) is 1. The number of hydrogen-bond acceptors (Lipinski definition) is 5. The quantitative estimate of drug-likeness (QED) is 0.402. The van der Waals surface area contributed by atoms with Crippen molar-refractivity contribution in [1.82, 2.24) is 9.97 Å². The molecule has 0 bridgehead atoms. The Morgan fingerprint density at radius 2 is 2.14 bits per heavy atom. The zero-order valence-electron chi connectivity index (χ0n) is 17.1. The molecule has 1 fully saturated rings. The van der Waals surface area contributed by atoms with Gasteiger partial charge in [0.2, 0.25) is 12.4 Å². The summed E-state index contributed by atoms with van der Waals surface area (Å²) in [4.78, 5) is 24.1. The van der Waals surface area contributed by atoms with Crippen LogP contribution in [0.5, 0.6) is 0 Å². The highest BCUT2D eigenvalue weighted by Gasteiger charge is 2.25. The fourth-order valence-electron chi connectivity index (χ4n) is 3.61. The smallest absolute Gasteiger partial charge is 0.229 e. The van der Waals surface area contributed by atoms with E-state index in [1.54, 1.807) is 24.1 Å². The molecule has 0 radical (unpaired) electrons. The van der Waals surface area contributed by atoms with Crippen LogP contribution in [-0.4, -0.2) is 28.2 Å². The van der Waals surface area contributed by atoms with Crippen molar-refractivity contribution in [2.75, 3.05) is 16.0 Å². The molecule has 29 heavy (non-hydrogen) atoms. The number of thioether (sulfide) groups is 1. The van der Waals surface area contributed by atoms with Crippen LogP contribution in [0.2, 0.25) is 0 Å². The number of allylic oxidation sites excluding steroid dienone is 1. The van der Waals surface area contributed by atoms with Gasteiger partial charge in [0, 0.05) is 33.4 Å². The van der Waals surface area contributed by atoms with E-state index in [1.165, 1.54) is 4.90 Å². The molecule has 154 valence electrons. The van der Waals surface area contributed by atoms with E-state index >= 15 is 0 Å². The van der Waals surface area contributed by atoms with Crippen molar-refractivity contribution in [2.24, 2.45) is 0 Å². The lowest BCUT2D eigenvalue weighted by atomic mass is 10.2. The molecule has 0 atom stereocenters. The van der Waals surface area contributed by atoms with Gasteiger partial charge in [0.1, 0.15) is 5.82 Å². The number of aryl methyl sites for hydroxylation is 1. The van der Waals surface area contributed by atoms with Gasteiger partial charge in [-0.05, 0) is 62.3 Å². The summed E-state index contributed by atoms with van der Waals surface area (Å²) in [7, 11) is 0. The zero-order valence-corrected chi connectivity index (χ0v) is 18.7. The van der Waals surface area contributed by atoms with Gasteiger partial charge in [0.15, 0.2) is 0 Å². The topological polar surface area (TPSA) is 58.1 Å². The number of hydrogen-bond donors (Lipinski definition) is 1. The summed E-state index contributed by atoms with van der Waals surface area (Å²) < 4.78 is 0. The van der Waals surface area contributed by atoms with E-state index < -0.39 is 0 Å². The van der Waals surface area contributed by atoms with E-state index in [-0.39, 0.29) is 6.04 Å². The molecule has 1 saturated carbocycles. The maximum absolute atomic E-state index is 11.9. The molecule has 1 aliphatic carbocycles. The third-order valence-electron chi connectivity index (χ3n) is 4.98. The highest BCUT2D eigenvalue weighted by molar-refractivity contribution is 7.99. The fraction of sp³-hybridized carbons (Fsp3) is 0.409. The van der Waals surface area contributed by atoms with E-state index in [4.69, 9.17) is 16.6 Å². The van der Waals surface area contributed by atoms with Crippen molar-refractivity contribution in [2.45, 2.75) is 57.4 Å². The predicted molar refractivity (Wildman–Crippen MR) is 123 cm³/mol. The van der Waals surface area contributed by atoms with Gasteiger partial charge in [-0.3, -0.25) is 9.69 Å². The standard InChI is InChI=1S/C22H27ClN4OS/c1-4-29-19-9-10-20(15(2)11-19)25-22-24-13-17(12-16(3)23)21(26-22)27(14-28)18-7-5-6-8-18/h9-14,18H,4-8H2,1-3H3,(H,24,25,26)/b16-12+. The largest absolute Gasteiger partial charge is 0.324 e. The summed E-state index contributed by atoms with van der Waals surface area (Å²) in [5.74, 6) is 2.10. The zero-order chi connectivity index (χ0) is 20.8. The van der Waals surface area contributed by atoms with Crippen molar-refractivity contribution >= 4 is 53.3 Å². The summed E-state index contributed by atoms with van der Waals surface area (Å²) in [6, 6.07) is 6.46. The van der Waals surface area contributed by atoms with Crippen LogP contribution in [0.4, 0.5) is 17.5 Å². The third-order valence-corrected chi connectivity index (χ3v) is 5.97. The van der Waals surface area contributed by atoms with Gasteiger partial charge in [0.25, 0.3) is 0 Å². The molecule has 7 heteroatoms. The molecule has 1 N–H and O–H groups in total. The Balaban J connectivity index is 1.94. The molecule has 1 amide bonds. The number of amides is 1. The normalized spacial score (nSPS) is 14.8. The molecule has 0 spiro atoms. The molecule has 2 aromatic rings. The average molecular weight is 431 g/mol. The number of anilines is 3. The summed E-state index contributed by atoms with van der Waals surface area (Å²) in [5.41, 5.74) is 2.82. The first kappa shape index (κ1) is 21.7. The van der Waals surface area contributed by atoms with Gasteiger partial charge in [-0.15, -0.1) is 11.8 Å². The highest BCUT2D eigenvalue weighted by atomic mass is 35.5. The first-order valence-corrected chi connectivity index (χ1v) is 11.3. The summed E-state index contributed by atoms with van der Waals surface area (Å²) in [6.07, 6.45) is 8.64. The highest BCUT2D eigenvalue weighted by Crippen LogP contribution is 2.31. The second kappa shape index (κ2) is 10.1. The molecule has 1 aliphatic rings. The van der Waals surface area contributed by atoms with Crippen LogP contribution in [0.25, 0.3) is 6.08 Å². The van der Waals surface area contributed by atoms with Crippen molar-refractivity contribution in [1.29, 1.82) is 0 Å². The number of rotatable bonds is 8. The number of carbonyl (C=O) groups is 1. The van der Waals surface area contributed by atoms with Gasteiger partial charge in [-0.2, -0.15) is 4.98 Å². The third kappa shape index (κ3) is 5.52. The van der Waals surface area contributed by atoms with Crippen LogP contribution in [0.1, 0.15) is 50.7 Å². The molecule has 1 heterocycles. The lowest BCUT2D eigenvalue weighted by Crippen LogP contribution is -2.33. The minimum absolute atomic E-state index is 0.171. The number of benzene rings is 1. The Hall–Kier alpha value is -2.05. The SMILES string of the molecule is CCSc1ccc(Nc2ncc(/C=C(\C)Cl)c(N(C=O)C3CCCC3)n2)c(C)c1. The molecular weight excluding hydrogens is 404 g/mol. The molecule has 0 saturated heterocycles. The Labute approximate surface area is 182 Å². The van der Waals surface area contributed by atoms with Gasteiger partial charge in [-0.25, -0.2) is 4.98 Å². The van der Waals surface area contributed by atoms with E-state index in [9.17, 15) is 4.79 Å². The maximum Gasteiger partial charge on any atom is 0.229 e. The minimum Gasteiger partial charge on any atom is -0.324 e. The van der Waals surface area contributed by atoms with Crippen molar-refractivity contribution in [3.05, 3.63) is 40.6 Å². The molecule has 5 nitrogen and oxygen atoms in total. The van der Waals surface area contributed by atoms with Crippen molar-refractivity contribution < 1.29 is 4.79 Å². The average Bonchev–Trinajstić information content (AvgIpc) is 3.21. The molecule has 1 aromatic carbocycles. The summed E-state index contributed by atoms with van der Waals surface area (Å²) in [5, 5.41) is 3.92. The molecule has 3 rings (SSSR count). The predicted octanol–water partition coefficient (Wildman–Crippen LogP) is 6.15. The van der Waals surface area contributed by atoms with Crippen LogP contribution in [0.3, 0.4) is 0 Å². The van der Waals surface area contributed by atoms with E-state index in [2.05, 4.69) is 36.3 Å².